The Kier molecular flexibility index (Phi) is 6.43. The molecule has 0 aliphatic rings. The molecule has 2 unspecified atom stereocenters. The molecule has 6 heteroatoms. The molecule has 0 fully saturated rings. The topological polar surface area (TPSA) is 35.5 Å². The number of rotatable bonds is 7. The van der Waals surface area contributed by atoms with Crippen LogP contribution in [0.4, 0.5) is 13.2 Å². The van der Waals surface area contributed by atoms with E-state index in [1.54, 1.807) is 27.8 Å². The lowest BCUT2D eigenvalue weighted by Gasteiger charge is -2.35. The maximum absolute atomic E-state index is 12.3. The summed E-state index contributed by atoms with van der Waals surface area (Å²) in [6.45, 7) is 4.59. The van der Waals surface area contributed by atoms with Crippen molar-refractivity contribution in [3.8, 4) is 0 Å². The molecule has 0 aromatic heterocycles. The number of hydrogen-bond acceptors (Lipinski definition) is 3. The Labute approximate surface area is 101 Å². The van der Waals surface area contributed by atoms with Crippen LogP contribution in [0.15, 0.2) is 0 Å². The van der Waals surface area contributed by atoms with Crippen LogP contribution in [0.1, 0.15) is 27.2 Å². The predicted octanol–water partition coefficient (Wildman–Crippen LogP) is 1.62. The normalized spacial score (nSPS) is 18.2. The first-order chi connectivity index (χ1) is 7.67. The van der Waals surface area contributed by atoms with Gasteiger partial charge in [-0.3, -0.25) is 4.90 Å². The van der Waals surface area contributed by atoms with Gasteiger partial charge in [0.15, 0.2) is 0 Å². The van der Waals surface area contributed by atoms with E-state index >= 15 is 0 Å². The van der Waals surface area contributed by atoms with Gasteiger partial charge in [-0.25, -0.2) is 0 Å². The van der Waals surface area contributed by atoms with Crippen molar-refractivity contribution in [1.82, 2.24) is 10.2 Å². The molecule has 0 aromatic carbocycles. The Hall–Kier alpha value is -0.330. The highest BCUT2D eigenvalue weighted by Gasteiger charge is 2.34. The van der Waals surface area contributed by atoms with Gasteiger partial charge in [-0.05, 0) is 33.9 Å². The van der Waals surface area contributed by atoms with Crippen LogP contribution in [-0.2, 0) is 0 Å². The minimum absolute atomic E-state index is 0.0998. The molecule has 0 saturated heterocycles. The van der Waals surface area contributed by atoms with Gasteiger partial charge in [-0.2, -0.15) is 13.2 Å². The second-order valence-corrected chi connectivity index (χ2v) is 4.70. The summed E-state index contributed by atoms with van der Waals surface area (Å²) in [4.78, 5) is 1.37. The van der Waals surface area contributed by atoms with Gasteiger partial charge in [-0.1, -0.05) is 6.92 Å². The zero-order valence-electron chi connectivity index (χ0n) is 10.9. The summed E-state index contributed by atoms with van der Waals surface area (Å²) in [6.07, 6.45) is -3.72. The van der Waals surface area contributed by atoms with Gasteiger partial charge in [0.2, 0.25) is 0 Å². The molecule has 104 valence electrons. The third kappa shape index (κ3) is 6.24. The van der Waals surface area contributed by atoms with E-state index in [1.807, 2.05) is 0 Å². The van der Waals surface area contributed by atoms with Crippen molar-refractivity contribution < 1.29 is 18.3 Å². The lowest BCUT2D eigenvalue weighted by atomic mass is 9.94. The number of alkyl halides is 3. The Morgan fingerprint density at radius 1 is 1.35 bits per heavy atom. The SMILES string of the molecule is CCN(CC(F)(F)F)C(C)CC(C)(CO)NC. The molecule has 0 heterocycles. The van der Waals surface area contributed by atoms with Crippen molar-refractivity contribution in [1.29, 1.82) is 0 Å². The summed E-state index contributed by atoms with van der Waals surface area (Å²) in [7, 11) is 1.70. The van der Waals surface area contributed by atoms with E-state index in [0.29, 0.717) is 13.0 Å². The zero-order valence-corrected chi connectivity index (χ0v) is 10.9. The summed E-state index contributed by atoms with van der Waals surface area (Å²) in [5.41, 5.74) is -0.543. The Balaban J connectivity index is 4.49. The molecule has 2 N–H and O–H groups in total. The van der Waals surface area contributed by atoms with Crippen molar-refractivity contribution in [3.05, 3.63) is 0 Å². The van der Waals surface area contributed by atoms with Crippen molar-refractivity contribution in [2.75, 3.05) is 26.7 Å². The van der Waals surface area contributed by atoms with Gasteiger partial charge in [-0.15, -0.1) is 0 Å². The molecule has 0 radical (unpaired) electrons. The van der Waals surface area contributed by atoms with Crippen LogP contribution < -0.4 is 5.32 Å². The van der Waals surface area contributed by atoms with Gasteiger partial charge in [0, 0.05) is 11.6 Å². The van der Waals surface area contributed by atoms with Gasteiger partial charge < -0.3 is 10.4 Å². The summed E-state index contributed by atoms with van der Waals surface area (Å²) < 4.78 is 37.0. The van der Waals surface area contributed by atoms with Gasteiger partial charge >= 0.3 is 6.18 Å². The van der Waals surface area contributed by atoms with Crippen LogP contribution in [0.3, 0.4) is 0 Å². The fourth-order valence-corrected chi connectivity index (χ4v) is 1.84. The summed E-state index contributed by atoms with van der Waals surface area (Å²) in [6, 6.07) is -0.244. The molecule has 0 amide bonds. The van der Waals surface area contributed by atoms with Crippen LogP contribution in [-0.4, -0.2) is 54.5 Å². The molecule has 2 atom stereocenters. The van der Waals surface area contributed by atoms with Crippen molar-refractivity contribution in [2.24, 2.45) is 0 Å². The average molecular weight is 256 g/mol. The second kappa shape index (κ2) is 6.56. The zero-order chi connectivity index (χ0) is 13.7. The maximum atomic E-state index is 12.3. The molecule has 17 heavy (non-hydrogen) atoms. The highest BCUT2D eigenvalue weighted by atomic mass is 19.4. The van der Waals surface area contributed by atoms with E-state index in [1.165, 1.54) is 4.90 Å². The van der Waals surface area contributed by atoms with E-state index in [-0.39, 0.29) is 12.6 Å². The first kappa shape index (κ1) is 16.7. The lowest BCUT2D eigenvalue weighted by Crippen LogP contribution is -2.50. The quantitative estimate of drug-likeness (QED) is 0.726. The molecule has 0 saturated carbocycles. The number of aliphatic hydroxyl groups is 1. The Morgan fingerprint density at radius 2 is 1.88 bits per heavy atom. The summed E-state index contributed by atoms with van der Waals surface area (Å²) in [5, 5.41) is 12.2. The highest BCUT2D eigenvalue weighted by Crippen LogP contribution is 2.21. The van der Waals surface area contributed by atoms with Gasteiger partial charge in [0.25, 0.3) is 0 Å². The molecule has 0 aromatic rings. The smallest absolute Gasteiger partial charge is 0.394 e. The number of likely N-dealkylation sites (N-methyl/N-ethyl adjacent to an activating group) is 1. The molecule has 0 bridgehead atoms. The Bertz CT molecular complexity index is 217. The van der Waals surface area contributed by atoms with Gasteiger partial charge in [0.05, 0.1) is 13.2 Å². The van der Waals surface area contributed by atoms with E-state index in [2.05, 4.69) is 5.32 Å². The second-order valence-electron chi connectivity index (χ2n) is 4.70. The van der Waals surface area contributed by atoms with E-state index in [0.717, 1.165) is 0 Å². The maximum Gasteiger partial charge on any atom is 0.401 e. The first-order valence-corrected chi connectivity index (χ1v) is 5.78. The van der Waals surface area contributed by atoms with Crippen LogP contribution in [0.5, 0.6) is 0 Å². The standard InChI is InChI=1S/C11H23F3N2O/c1-5-16(7-11(12,13)14)9(2)6-10(3,8-17)15-4/h9,15,17H,5-8H2,1-4H3. The summed E-state index contributed by atoms with van der Waals surface area (Å²) >= 11 is 0. The minimum Gasteiger partial charge on any atom is -0.394 e. The number of hydrogen-bond donors (Lipinski definition) is 2. The average Bonchev–Trinajstić information content (AvgIpc) is 2.24. The largest absolute Gasteiger partial charge is 0.401 e. The van der Waals surface area contributed by atoms with Gasteiger partial charge in [0.1, 0.15) is 0 Å². The van der Waals surface area contributed by atoms with E-state index < -0.39 is 18.3 Å². The number of nitrogens with one attached hydrogen (secondary N) is 1. The van der Waals surface area contributed by atoms with E-state index in [4.69, 9.17) is 0 Å². The fraction of sp³-hybridized carbons (Fsp3) is 1.00. The number of halogens is 3. The minimum atomic E-state index is -4.18. The van der Waals surface area contributed by atoms with Crippen LogP contribution in [0, 0.1) is 0 Å². The lowest BCUT2D eigenvalue weighted by molar-refractivity contribution is -0.150. The molecular weight excluding hydrogens is 233 g/mol. The monoisotopic (exact) mass is 256 g/mol. The molecular formula is C11H23F3N2O. The predicted molar refractivity (Wildman–Crippen MR) is 61.9 cm³/mol. The van der Waals surface area contributed by atoms with E-state index in [9.17, 15) is 18.3 Å². The van der Waals surface area contributed by atoms with Crippen molar-refractivity contribution >= 4 is 0 Å². The molecule has 3 nitrogen and oxygen atoms in total. The number of nitrogens with zero attached hydrogens (tertiary/aromatic N) is 1. The van der Waals surface area contributed by atoms with Crippen LogP contribution in [0.25, 0.3) is 0 Å². The fourth-order valence-electron chi connectivity index (χ4n) is 1.84. The Morgan fingerprint density at radius 3 is 2.18 bits per heavy atom. The molecule has 0 aliphatic carbocycles. The third-order valence-electron chi connectivity index (χ3n) is 3.11. The van der Waals surface area contributed by atoms with Crippen LogP contribution in [0.2, 0.25) is 0 Å². The first-order valence-electron chi connectivity index (χ1n) is 5.78. The molecule has 0 spiro atoms. The highest BCUT2D eigenvalue weighted by molar-refractivity contribution is 4.86. The summed E-state index contributed by atoms with van der Waals surface area (Å²) in [5.74, 6) is 0. The molecule has 0 rings (SSSR count). The molecule has 0 aliphatic heterocycles. The van der Waals surface area contributed by atoms with Crippen LogP contribution >= 0.6 is 0 Å². The third-order valence-corrected chi connectivity index (χ3v) is 3.11. The van der Waals surface area contributed by atoms with Crippen molar-refractivity contribution in [3.63, 3.8) is 0 Å². The number of aliphatic hydroxyl groups excluding tert-OH is 1. The van der Waals surface area contributed by atoms with Crippen molar-refractivity contribution in [2.45, 2.75) is 44.9 Å².